The van der Waals surface area contributed by atoms with Gasteiger partial charge in [0.05, 0.1) is 6.61 Å². The predicted octanol–water partition coefficient (Wildman–Crippen LogP) is 0.998. The number of hydrogen-bond donors (Lipinski definition) is 2. The summed E-state index contributed by atoms with van der Waals surface area (Å²) >= 11 is 0. The summed E-state index contributed by atoms with van der Waals surface area (Å²) < 4.78 is 5.49. The van der Waals surface area contributed by atoms with Crippen LogP contribution in [0.25, 0.3) is 0 Å². The molecule has 2 atom stereocenters. The Labute approximate surface area is 87.1 Å². The molecule has 0 aromatic heterocycles. The van der Waals surface area contributed by atoms with Crippen LogP contribution in [0.4, 0.5) is 0 Å². The predicted molar refractivity (Wildman–Crippen MR) is 52.9 cm³/mol. The van der Waals surface area contributed by atoms with Crippen molar-refractivity contribution in [1.29, 1.82) is 0 Å². The van der Waals surface area contributed by atoms with Crippen LogP contribution in [0.2, 0.25) is 0 Å². The zero-order valence-electron chi connectivity index (χ0n) is 8.30. The van der Waals surface area contributed by atoms with Crippen molar-refractivity contribution < 1.29 is 19.7 Å². The summed E-state index contributed by atoms with van der Waals surface area (Å²) in [6.07, 6.45) is 0. The highest BCUT2D eigenvalue weighted by molar-refractivity contribution is 5.80. The van der Waals surface area contributed by atoms with Gasteiger partial charge in [0, 0.05) is 5.56 Å². The highest BCUT2D eigenvalue weighted by Crippen LogP contribution is 2.44. The summed E-state index contributed by atoms with van der Waals surface area (Å²) in [7, 11) is 0. The van der Waals surface area contributed by atoms with Gasteiger partial charge < -0.3 is 14.9 Å². The lowest BCUT2D eigenvalue weighted by Gasteiger charge is -2.25. The van der Waals surface area contributed by atoms with Crippen LogP contribution in [0.5, 0.6) is 5.75 Å². The number of benzene rings is 1. The van der Waals surface area contributed by atoms with E-state index in [0.29, 0.717) is 11.3 Å². The number of carboxylic acid groups (broad SMARTS) is 1. The lowest BCUT2D eigenvalue weighted by Crippen LogP contribution is -2.41. The van der Waals surface area contributed by atoms with E-state index in [1.54, 1.807) is 31.2 Å². The molecule has 0 saturated carbocycles. The molecule has 1 heterocycles. The first-order valence-electron chi connectivity index (χ1n) is 4.70. The number of aliphatic carboxylic acids is 1. The van der Waals surface area contributed by atoms with E-state index in [-0.39, 0.29) is 6.61 Å². The van der Waals surface area contributed by atoms with E-state index in [9.17, 15) is 9.90 Å². The Morgan fingerprint density at radius 3 is 2.80 bits per heavy atom. The minimum atomic E-state index is -1.06. The Hall–Kier alpha value is -1.55. The number of para-hydroxylation sites is 1. The number of hydrogen-bond acceptors (Lipinski definition) is 3. The second-order valence-corrected chi connectivity index (χ2v) is 3.88. The number of rotatable bonds is 2. The summed E-state index contributed by atoms with van der Waals surface area (Å²) in [5.41, 5.74) is -0.434. The zero-order valence-corrected chi connectivity index (χ0v) is 8.30. The van der Waals surface area contributed by atoms with Crippen LogP contribution < -0.4 is 4.74 Å². The molecule has 0 radical (unpaired) electrons. The third-order valence-corrected chi connectivity index (χ3v) is 2.74. The monoisotopic (exact) mass is 208 g/mol. The fraction of sp³-hybridized carbons (Fsp3) is 0.364. The molecular formula is C11H12O4. The van der Waals surface area contributed by atoms with Crippen LogP contribution in [-0.4, -0.2) is 28.4 Å². The molecule has 1 aliphatic rings. The summed E-state index contributed by atoms with van der Waals surface area (Å²) in [6.45, 7) is 1.28. The molecule has 1 aliphatic heterocycles. The van der Waals surface area contributed by atoms with Gasteiger partial charge in [-0.15, -0.1) is 0 Å². The SMILES string of the molecule is CC1(CO)Oc2ccccc2C1C(=O)O. The Bertz CT molecular complexity index is 401. The molecule has 0 aliphatic carbocycles. The fourth-order valence-electron chi connectivity index (χ4n) is 1.97. The Kier molecular flexibility index (Phi) is 2.16. The third kappa shape index (κ3) is 1.37. The van der Waals surface area contributed by atoms with E-state index < -0.39 is 17.5 Å². The molecule has 4 nitrogen and oxygen atoms in total. The summed E-state index contributed by atoms with van der Waals surface area (Å²) in [5.74, 6) is -1.24. The van der Waals surface area contributed by atoms with Crippen molar-refractivity contribution in [3.05, 3.63) is 29.8 Å². The van der Waals surface area contributed by atoms with Crippen molar-refractivity contribution in [2.24, 2.45) is 0 Å². The van der Waals surface area contributed by atoms with Gasteiger partial charge in [0.25, 0.3) is 0 Å². The quantitative estimate of drug-likeness (QED) is 0.760. The maximum Gasteiger partial charge on any atom is 0.315 e. The summed E-state index contributed by atoms with van der Waals surface area (Å²) in [5, 5.41) is 18.4. The van der Waals surface area contributed by atoms with Crippen LogP contribution in [0, 0.1) is 0 Å². The summed E-state index contributed by atoms with van der Waals surface area (Å²) in [6, 6.07) is 6.98. The number of aliphatic hydroxyl groups excluding tert-OH is 1. The standard InChI is InChI=1S/C11H12O4/c1-11(6-12)9(10(13)14)7-4-2-3-5-8(7)15-11/h2-5,9,12H,6H2,1H3,(H,13,14). The van der Waals surface area contributed by atoms with Gasteiger partial charge in [0.1, 0.15) is 17.3 Å². The highest BCUT2D eigenvalue weighted by Gasteiger charge is 2.48. The van der Waals surface area contributed by atoms with E-state index >= 15 is 0 Å². The number of aliphatic hydroxyl groups is 1. The maximum absolute atomic E-state index is 11.1. The number of ether oxygens (including phenoxy) is 1. The molecule has 0 spiro atoms. The van der Waals surface area contributed by atoms with Gasteiger partial charge in [-0.25, -0.2) is 0 Å². The van der Waals surface area contributed by atoms with Gasteiger partial charge in [0.15, 0.2) is 0 Å². The van der Waals surface area contributed by atoms with Gasteiger partial charge in [-0.2, -0.15) is 0 Å². The van der Waals surface area contributed by atoms with E-state index in [1.165, 1.54) is 0 Å². The van der Waals surface area contributed by atoms with Crippen molar-refractivity contribution in [2.75, 3.05) is 6.61 Å². The van der Waals surface area contributed by atoms with Crippen molar-refractivity contribution in [2.45, 2.75) is 18.4 Å². The molecule has 0 saturated heterocycles. The Balaban J connectivity index is 2.52. The molecule has 80 valence electrons. The van der Waals surface area contributed by atoms with Crippen LogP contribution in [0.15, 0.2) is 24.3 Å². The molecule has 15 heavy (non-hydrogen) atoms. The second-order valence-electron chi connectivity index (χ2n) is 3.88. The molecule has 0 fully saturated rings. The molecule has 1 aromatic carbocycles. The Morgan fingerprint density at radius 2 is 2.20 bits per heavy atom. The molecule has 1 aromatic rings. The largest absolute Gasteiger partial charge is 0.484 e. The molecule has 2 rings (SSSR count). The fourth-order valence-corrected chi connectivity index (χ4v) is 1.97. The second kappa shape index (κ2) is 3.24. The number of carboxylic acids is 1. The number of carbonyl (C=O) groups is 1. The van der Waals surface area contributed by atoms with E-state index in [1.807, 2.05) is 0 Å². The number of fused-ring (bicyclic) bond motifs is 1. The van der Waals surface area contributed by atoms with Crippen molar-refractivity contribution >= 4 is 5.97 Å². The van der Waals surface area contributed by atoms with Crippen LogP contribution in [0.3, 0.4) is 0 Å². The maximum atomic E-state index is 11.1. The van der Waals surface area contributed by atoms with Crippen LogP contribution in [-0.2, 0) is 4.79 Å². The van der Waals surface area contributed by atoms with E-state index in [4.69, 9.17) is 9.84 Å². The molecule has 2 N–H and O–H groups in total. The van der Waals surface area contributed by atoms with Crippen LogP contribution >= 0.6 is 0 Å². The van der Waals surface area contributed by atoms with Gasteiger partial charge >= 0.3 is 5.97 Å². The molecular weight excluding hydrogens is 196 g/mol. The van der Waals surface area contributed by atoms with Gasteiger partial charge in [-0.1, -0.05) is 18.2 Å². The first-order valence-corrected chi connectivity index (χ1v) is 4.70. The normalized spacial score (nSPS) is 28.3. The first-order chi connectivity index (χ1) is 7.08. The molecule has 0 amide bonds. The van der Waals surface area contributed by atoms with E-state index in [0.717, 1.165) is 0 Å². The first kappa shape index (κ1) is 9.98. The van der Waals surface area contributed by atoms with Crippen molar-refractivity contribution in [3.63, 3.8) is 0 Å². The molecule has 0 bridgehead atoms. The van der Waals surface area contributed by atoms with Crippen molar-refractivity contribution in [1.82, 2.24) is 0 Å². The smallest absolute Gasteiger partial charge is 0.315 e. The lowest BCUT2D eigenvalue weighted by molar-refractivity contribution is -0.143. The Morgan fingerprint density at radius 1 is 1.53 bits per heavy atom. The lowest BCUT2D eigenvalue weighted by atomic mass is 9.86. The summed E-state index contributed by atoms with van der Waals surface area (Å²) in [4.78, 5) is 11.1. The average molecular weight is 208 g/mol. The average Bonchev–Trinajstić information content (AvgIpc) is 2.50. The minimum absolute atomic E-state index is 0.321. The van der Waals surface area contributed by atoms with Crippen LogP contribution in [0.1, 0.15) is 18.4 Å². The van der Waals surface area contributed by atoms with Gasteiger partial charge in [-0.3, -0.25) is 4.79 Å². The van der Waals surface area contributed by atoms with Gasteiger partial charge in [-0.05, 0) is 13.0 Å². The zero-order chi connectivity index (χ0) is 11.1. The molecule has 4 heteroatoms. The third-order valence-electron chi connectivity index (χ3n) is 2.74. The van der Waals surface area contributed by atoms with E-state index in [2.05, 4.69) is 0 Å². The minimum Gasteiger partial charge on any atom is -0.484 e. The molecule has 2 unspecified atom stereocenters. The topological polar surface area (TPSA) is 66.8 Å². The van der Waals surface area contributed by atoms with Crippen molar-refractivity contribution in [3.8, 4) is 5.75 Å². The van der Waals surface area contributed by atoms with Gasteiger partial charge in [0.2, 0.25) is 0 Å². The highest BCUT2D eigenvalue weighted by atomic mass is 16.5.